The summed E-state index contributed by atoms with van der Waals surface area (Å²) in [5, 5.41) is 0. The zero-order valence-electron chi connectivity index (χ0n) is 10.1. The number of carbonyl (C=O) groups is 1. The second-order valence-corrected chi connectivity index (χ2v) is 4.00. The molecule has 0 fully saturated rings. The molecule has 7 heteroatoms. The van der Waals surface area contributed by atoms with E-state index in [1.807, 2.05) is 0 Å². The van der Waals surface area contributed by atoms with Crippen LogP contribution in [0.4, 0.5) is 22.0 Å². The Kier molecular flexibility index (Phi) is 5.76. The number of hydrogen-bond acceptors (Lipinski definition) is 2. The standard InChI is InChI=1S/C11H15F5O2/c1-4-5-8(18-9(17)7(2)3)6-10(12,13)11(14,15)16/h8H,2,4-6H2,1,3H3. The van der Waals surface area contributed by atoms with Gasteiger partial charge in [0.2, 0.25) is 0 Å². The molecule has 0 rings (SSSR count). The van der Waals surface area contributed by atoms with E-state index in [9.17, 15) is 26.7 Å². The van der Waals surface area contributed by atoms with Crippen LogP contribution in [0.1, 0.15) is 33.1 Å². The van der Waals surface area contributed by atoms with Crippen LogP contribution < -0.4 is 0 Å². The van der Waals surface area contributed by atoms with Gasteiger partial charge in [-0.25, -0.2) is 4.79 Å². The summed E-state index contributed by atoms with van der Waals surface area (Å²) in [7, 11) is 0. The van der Waals surface area contributed by atoms with Crippen molar-refractivity contribution in [1.82, 2.24) is 0 Å². The molecule has 0 saturated heterocycles. The molecule has 0 saturated carbocycles. The molecule has 1 unspecified atom stereocenters. The van der Waals surface area contributed by atoms with Crippen molar-refractivity contribution >= 4 is 5.97 Å². The lowest BCUT2D eigenvalue weighted by Gasteiger charge is -2.25. The molecule has 106 valence electrons. The Balaban J connectivity index is 4.73. The predicted molar refractivity (Wildman–Crippen MR) is 55.2 cm³/mol. The van der Waals surface area contributed by atoms with Crippen molar-refractivity contribution in [2.75, 3.05) is 0 Å². The maximum Gasteiger partial charge on any atom is 0.453 e. The Hall–Kier alpha value is -1.14. The monoisotopic (exact) mass is 274 g/mol. The highest BCUT2D eigenvalue weighted by molar-refractivity contribution is 5.87. The zero-order valence-corrected chi connectivity index (χ0v) is 10.1. The number of carbonyl (C=O) groups excluding carboxylic acids is 1. The van der Waals surface area contributed by atoms with E-state index in [-0.39, 0.29) is 12.0 Å². The molecule has 0 aliphatic rings. The maximum atomic E-state index is 12.8. The second-order valence-electron chi connectivity index (χ2n) is 4.00. The van der Waals surface area contributed by atoms with Crippen molar-refractivity contribution in [3.8, 4) is 0 Å². The molecule has 1 atom stereocenters. The highest BCUT2D eigenvalue weighted by atomic mass is 19.4. The summed E-state index contributed by atoms with van der Waals surface area (Å²) < 4.78 is 66.3. The largest absolute Gasteiger partial charge is 0.459 e. The third-order valence-corrected chi connectivity index (χ3v) is 2.13. The quantitative estimate of drug-likeness (QED) is 0.417. The molecule has 0 bridgehead atoms. The van der Waals surface area contributed by atoms with E-state index in [2.05, 4.69) is 11.3 Å². The minimum atomic E-state index is -5.64. The van der Waals surface area contributed by atoms with Gasteiger partial charge in [-0.1, -0.05) is 19.9 Å². The molecule has 0 heterocycles. The first kappa shape index (κ1) is 16.9. The SMILES string of the molecule is C=C(C)C(=O)OC(CCC)CC(F)(F)C(F)(F)F. The molecule has 18 heavy (non-hydrogen) atoms. The Labute approximate surface area is 102 Å². The van der Waals surface area contributed by atoms with E-state index < -0.39 is 30.6 Å². The summed E-state index contributed by atoms with van der Waals surface area (Å²) in [5.74, 6) is -5.84. The topological polar surface area (TPSA) is 26.3 Å². The molecule has 0 aliphatic heterocycles. The predicted octanol–water partition coefficient (Wildman–Crippen LogP) is 3.86. The highest BCUT2D eigenvalue weighted by Gasteiger charge is 2.58. The van der Waals surface area contributed by atoms with Gasteiger partial charge in [-0.15, -0.1) is 0 Å². The molecule has 0 aromatic rings. The van der Waals surface area contributed by atoms with Crippen LogP contribution in [0.25, 0.3) is 0 Å². The number of ether oxygens (including phenoxy) is 1. The third-order valence-electron chi connectivity index (χ3n) is 2.13. The molecule has 2 nitrogen and oxygen atoms in total. The lowest BCUT2D eigenvalue weighted by molar-refractivity contribution is -0.290. The zero-order chi connectivity index (χ0) is 14.6. The Morgan fingerprint density at radius 2 is 1.78 bits per heavy atom. The van der Waals surface area contributed by atoms with Gasteiger partial charge >= 0.3 is 18.1 Å². The van der Waals surface area contributed by atoms with Crippen LogP contribution in [0.3, 0.4) is 0 Å². The summed E-state index contributed by atoms with van der Waals surface area (Å²) in [6.07, 6.45) is -8.43. The van der Waals surface area contributed by atoms with Gasteiger partial charge in [0.1, 0.15) is 6.10 Å². The second kappa shape index (κ2) is 6.15. The van der Waals surface area contributed by atoms with E-state index in [0.717, 1.165) is 0 Å². The average Bonchev–Trinajstić information content (AvgIpc) is 2.15. The van der Waals surface area contributed by atoms with Gasteiger partial charge in [0.15, 0.2) is 0 Å². The molecular weight excluding hydrogens is 259 g/mol. The van der Waals surface area contributed by atoms with Crippen molar-refractivity contribution in [2.24, 2.45) is 0 Å². The fraction of sp³-hybridized carbons (Fsp3) is 0.727. The first-order chi connectivity index (χ1) is 8.01. The number of alkyl halides is 5. The van der Waals surface area contributed by atoms with E-state index in [1.165, 1.54) is 6.92 Å². The first-order valence-corrected chi connectivity index (χ1v) is 5.32. The van der Waals surface area contributed by atoms with Gasteiger partial charge in [-0.2, -0.15) is 22.0 Å². The Bertz CT molecular complexity index is 309. The van der Waals surface area contributed by atoms with E-state index in [0.29, 0.717) is 6.42 Å². The summed E-state index contributed by atoms with van der Waals surface area (Å²) in [4.78, 5) is 11.1. The number of hydrogen-bond donors (Lipinski definition) is 0. The van der Waals surface area contributed by atoms with Crippen LogP contribution in [-0.2, 0) is 9.53 Å². The fourth-order valence-electron chi connectivity index (χ4n) is 1.18. The van der Waals surface area contributed by atoms with Crippen molar-refractivity contribution in [2.45, 2.75) is 51.3 Å². The minimum absolute atomic E-state index is 0.0496. The van der Waals surface area contributed by atoms with Gasteiger partial charge in [0.25, 0.3) is 0 Å². The molecule has 0 aromatic heterocycles. The smallest absolute Gasteiger partial charge is 0.453 e. The third kappa shape index (κ3) is 5.01. The number of esters is 1. The lowest BCUT2D eigenvalue weighted by atomic mass is 10.1. The van der Waals surface area contributed by atoms with Crippen LogP contribution in [-0.4, -0.2) is 24.2 Å². The van der Waals surface area contributed by atoms with Gasteiger partial charge in [0, 0.05) is 5.57 Å². The fourth-order valence-corrected chi connectivity index (χ4v) is 1.18. The van der Waals surface area contributed by atoms with Crippen LogP contribution in [0.5, 0.6) is 0 Å². The van der Waals surface area contributed by atoms with Gasteiger partial charge in [-0.05, 0) is 13.3 Å². The highest BCUT2D eigenvalue weighted by Crippen LogP contribution is 2.39. The molecule has 0 N–H and O–H groups in total. The summed E-state index contributed by atoms with van der Waals surface area (Å²) >= 11 is 0. The van der Waals surface area contributed by atoms with Crippen LogP contribution in [0.15, 0.2) is 12.2 Å². The van der Waals surface area contributed by atoms with Crippen LogP contribution in [0.2, 0.25) is 0 Å². The van der Waals surface area contributed by atoms with E-state index >= 15 is 0 Å². The molecule has 0 spiro atoms. The number of rotatable bonds is 6. The lowest BCUT2D eigenvalue weighted by Crippen LogP contribution is -2.40. The normalized spacial score (nSPS) is 14.2. The number of halogens is 5. The molecule has 0 radical (unpaired) electrons. The molecule has 0 amide bonds. The van der Waals surface area contributed by atoms with Crippen molar-refractivity contribution in [1.29, 1.82) is 0 Å². The van der Waals surface area contributed by atoms with Crippen LogP contribution >= 0.6 is 0 Å². The summed E-state index contributed by atoms with van der Waals surface area (Å²) in [6.45, 7) is 6.10. The van der Waals surface area contributed by atoms with Crippen molar-refractivity contribution in [3.05, 3.63) is 12.2 Å². The summed E-state index contributed by atoms with van der Waals surface area (Å²) in [6, 6.07) is 0. The molecule has 0 aliphatic carbocycles. The molecular formula is C11H15F5O2. The summed E-state index contributed by atoms with van der Waals surface area (Å²) in [5.41, 5.74) is -0.0496. The van der Waals surface area contributed by atoms with Crippen molar-refractivity contribution in [3.63, 3.8) is 0 Å². The average molecular weight is 274 g/mol. The van der Waals surface area contributed by atoms with Gasteiger partial charge in [-0.3, -0.25) is 0 Å². The van der Waals surface area contributed by atoms with E-state index in [1.54, 1.807) is 6.92 Å². The maximum absolute atomic E-state index is 12.8. The Morgan fingerprint density at radius 1 is 1.28 bits per heavy atom. The minimum Gasteiger partial charge on any atom is -0.459 e. The first-order valence-electron chi connectivity index (χ1n) is 5.32. The van der Waals surface area contributed by atoms with Crippen molar-refractivity contribution < 1.29 is 31.5 Å². The van der Waals surface area contributed by atoms with Gasteiger partial charge < -0.3 is 4.74 Å². The van der Waals surface area contributed by atoms with Crippen LogP contribution in [0, 0.1) is 0 Å². The molecule has 0 aromatic carbocycles. The van der Waals surface area contributed by atoms with Gasteiger partial charge in [0.05, 0.1) is 6.42 Å². The van der Waals surface area contributed by atoms with E-state index in [4.69, 9.17) is 0 Å². The Morgan fingerprint density at radius 3 is 2.11 bits per heavy atom.